The molecule has 2 atom stereocenters. The molecular formula is C21H26N4O4. The van der Waals surface area contributed by atoms with Crippen LogP contribution in [0.15, 0.2) is 41.2 Å². The van der Waals surface area contributed by atoms with E-state index in [0.717, 1.165) is 24.0 Å². The molecule has 154 valence electrons. The molecule has 2 aliphatic heterocycles. The number of nitrogen functional groups attached to an aromatic ring is 1. The summed E-state index contributed by atoms with van der Waals surface area (Å²) in [4.78, 5) is 23.4. The fourth-order valence-corrected chi connectivity index (χ4v) is 4.29. The zero-order valence-electron chi connectivity index (χ0n) is 16.3. The lowest BCUT2D eigenvalue weighted by molar-refractivity contribution is -0.123. The number of carbonyl (C=O) groups excluding carboxylic acids is 1. The first-order valence-electron chi connectivity index (χ1n) is 9.56. The number of anilines is 1. The van der Waals surface area contributed by atoms with Gasteiger partial charge >= 0.3 is 0 Å². The molecule has 1 aromatic carbocycles. The van der Waals surface area contributed by atoms with Crippen molar-refractivity contribution < 1.29 is 19.1 Å². The van der Waals surface area contributed by atoms with Gasteiger partial charge in [-0.1, -0.05) is 6.07 Å². The Morgan fingerprint density at radius 3 is 2.52 bits per heavy atom. The lowest BCUT2D eigenvalue weighted by atomic mass is 9.96. The molecule has 29 heavy (non-hydrogen) atoms. The molecule has 1 amide bonds. The van der Waals surface area contributed by atoms with Gasteiger partial charge in [0.25, 0.3) is 12.4 Å². The molecule has 0 radical (unpaired) electrons. The maximum atomic E-state index is 12.7. The van der Waals surface area contributed by atoms with E-state index >= 15 is 0 Å². The predicted molar refractivity (Wildman–Crippen MR) is 110 cm³/mol. The van der Waals surface area contributed by atoms with Crippen molar-refractivity contribution in [3.05, 3.63) is 42.4 Å². The summed E-state index contributed by atoms with van der Waals surface area (Å²) in [6, 6.07) is 8.44. The number of hydrogen-bond acceptors (Lipinski definition) is 6. The van der Waals surface area contributed by atoms with E-state index in [1.54, 1.807) is 24.7 Å². The van der Waals surface area contributed by atoms with E-state index in [-0.39, 0.29) is 24.1 Å². The molecule has 4 rings (SSSR count). The van der Waals surface area contributed by atoms with Crippen LogP contribution in [0.2, 0.25) is 0 Å². The first-order valence-corrected chi connectivity index (χ1v) is 9.56. The number of nitrogens with one attached hydrogen (secondary N) is 2. The largest absolute Gasteiger partial charge is 0.483 e. The van der Waals surface area contributed by atoms with Crippen LogP contribution in [0.3, 0.4) is 0 Å². The number of carbonyl (C=O) groups is 2. The first kappa shape index (κ1) is 20.6. The van der Waals surface area contributed by atoms with E-state index in [9.17, 15) is 4.79 Å². The summed E-state index contributed by atoms with van der Waals surface area (Å²) < 4.78 is 5.11. The van der Waals surface area contributed by atoms with Gasteiger partial charge in [-0.3, -0.25) is 15.0 Å². The van der Waals surface area contributed by atoms with Gasteiger partial charge in [0.1, 0.15) is 5.71 Å². The van der Waals surface area contributed by atoms with Gasteiger partial charge in [0, 0.05) is 34.9 Å². The quantitative estimate of drug-likeness (QED) is 0.355. The molecule has 0 spiro atoms. The highest BCUT2D eigenvalue weighted by Crippen LogP contribution is 2.34. The fourth-order valence-electron chi connectivity index (χ4n) is 4.29. The van der Waals surface area contributed by atoms with Crippen LogP contribution in [0.25, 0.3) is 11.1 Å². The number of amides is 1. The van der Waals surface area contributed by atoms with Gasteiger partial charge in [-0.2, -0.15) is 0 Å². The van der Waals surface area contributed by atoms with Crippen LogP contribution in [-0.4, -0.2) is 53.3 Å². The molecule has 8 heteroatoms. The SMILES string of the molecule is CN1C2CCC1CC(NC(=O)C(=N)c1cc(-c3ccoc3)ccc1N)C2.O=CO. The minimum atomic E-state index is -0.352. The van der Waals surface area contributed by atoms with Gasteiger partial charge in [-0.05, 0) is 56.5 Å². The Balaban J connectivity index is 0.000000755. The summed E-state index contributed by atoms with van der Waals surface area (Å²) in [6.45, 7) is -0.250. The van der Waals surface area contributed by atoms with Crippen molar-refractivity contribution in [1.82, 2.24) is 10.2 Å². The highest BCUT2D eigenvalue weighted by molar-refractivity contribution is 6.45. The number of carboxylic acid groups (broad SMARTS) is 1. The van der Waals surface area contributed by atoms with E-state index in [1.165, 1.54) is 12.8 Å². The molecule has 2 aliphatic rings. The molecule has 2 aromatic rings. The van der Waals surface area contributed by atoms with Crippen molar-refractivity contribution >= 4 is 23.8 Å². The Kier molecular flexibility index (Phi) is 6.33. The molecule has 2 unspecified atom stereocenters. The number of nitrogens with zero attached hydrogens (tertiary/aromatic N) is 1. The van der Waals surface area contributed by atoms with E-state index in [4.69, 9.17) is 25.5 Å². The Hall–Kier alpha value is -3.13. The lowest BCUT2D eigenvalue weighted by Gasteiger charge is -2.36. The number of nitrogens with two attached hydrogens (primary N) is 1. The number of hydrogen-bond donors (Lipinski definition) is 4. The van der Waals surface area contributed by atoms with Crippen molar-refractivity contribution in [2.24, 2.45) is 0 Å². The van der Waals surface area contributed by atoms with Gasteiger partial charge in [0.2, 0.25) is 0 Å². The van der Waals surface area contributed by atoms with E-state index in [0.29, 0.717) is 23.3 Å². The van der Waals surface area contributed by atoms with E-state index in [1.807, 2.05) is 12.1 Å². The second kappa shape index (κ2) is 8.91. The number of piperidine rings is 1. The summed E-state index contributed by atoms with van der Waals surface area (Å²) in [6.07, 6.45) is 7.54. The maximum absolute atomic E-state index is 12.7. The zero-order valence-corrected chi connectivity index (χ0v) is 16.3. The van der Waals surface area contributed by atoms with Gasteiger partial charge in [-0.15, -0.1) is 0 Å². The highest BCUT2D eigenvalue weighted by Gasteiger charge is 2.39. The number of rotatable bonds is 4. The van der Waals surface area contributed by atoms with Crippen LogP contribution in [0.1, 0.15) is 31.2 Å². The minimum absolute atomic E-state index is 0.0841. The van der Waals surface area contributed by atoms with Crippen LogP contribution >= 0.6 is 0 Å². The van der Waals surface area contributed by atoms with Crippen LogP contribution in [0, 0.1) is 5.41 Å². The van der Waals surface area contributed by atoms with E-state index in [2.05, 4.69) is 17.3 Å². The molecule has 3 heterocycles. The van der Waals surface area contributed by atoms with Crippen LogP contribution < -0.4 is 11.1 Å². The van der Waals surface area contributed by atoms with Crippen LogP contribution in [0.4, 0.5) is 5.69 Å². The molecule has 8 nitrogen and oxygen atoms in total. The third kappa shape index (κ3) is 4.48. The lowest BCUT2D eigenvalue weighted by Crippen LogP contribution is -2.50. The Morgan fingerprint density at radius 2 is 1.93 bits per heavy atom. The molecule has 2 bridgehead atoms. The molecule has 5 N–H and O–H groups in total. The first-order chi connectivity index (χ1) is 13.9. The normalized spacial score (nSPS) is 23.0. The minimum Gasteiger partial charge on any atom is -0.483 e. The second-order valence-corrected chi connectivity index (χ2v) is 7.49. The summed E-state index contributed by atoms with van der Waals surface area (Å²) in [7, 11) is 2.17. The topological polar surface area (TPSA) is 133 Å². The molecular weight excluding hydrogens is 372 g/mol. The van der Waals surface area contributed by atoms with Crippen molar-refractivity contribution in [2.75, 3.05) is 12.8 Å². The van der Waals surface area contributed by atoms with Crippen molar-refractivity contribution in [1.29, 1.82) is 5.41 Å². The highest BCUT2D eigenvalue weighted by atomic mass is 16.3. The maximum Gasteiger partial charge on any atom is 0.290 e. The van der Waals surface area contributed by atoms with Crippen molar-refractivity contribution in [3.63, 3.8) is 0 Å². The summed E-state index contributed by atoms with van der Waals surface area (Å²) in [5.74, 6) is -0.352. The third-order valence-electron chi connectivity index (χ3n) is 5.84. The standard InChI is InChI=1S/C20H24N4O2.CH2O2/c1-24-15-3-4-16(24)10-14(9-15)23-20(25)19(22)17-8-12(2-5-18(17)21)13-6-7-26-11-13;2-1-3/h2,5-8,11,14-16,22H,3-4,9-10,21H2,1H3,(H,23,25);1H,(H,2,3). The summed E-state index contributed by atoms with van der Waals surface area (Å²) >= 11 is 0. The third-order valence-corrected chi connectivity index (χ3v) is 5.84. The van der Waals surface area contributed by atoms with Gasteiger partial charge < -0.3 is 25.5 Å². The van der Waals surface area contributed by atoms with Crippen molar-refractivity contribution in [3.8, 4) is 11.1 Å². The van der Waals surface area contributed by atoms with E-state index < -0.39 is 0 Å². The van der Waals surface area contributed by atoms with Gasteiger partial charge in [0.15, 0.2) is 0 Å². The number of benzene rings is 1. The average molecular weight is 398 g/mol. The Bertz CT molecular complexity index is 867. The second-order valence-electron chi connectivity index (χ2n) is 7.49. The molecule has 0 saturated carbocycles. The smallest absolute Gasteiger partial charge is 0.290 e. The van der Waals surface area contributed by atoms with Gasteiger partial charge in [0.05, 0.1) is 12.5 Å². The average Bonchev–Trinajstić information content (AvgIpc) is 3.29. The predicted octanol–water partition coefficient (Wildman–Crippen LogP) is 2.34. The summed E-state index contributed by atoms with van der Waals surface area (Å²) in [5, 5.41) is 18.3. The van der Waals surface area contributed by atoms with Crippen molar-refractivity contribution in [2.45, 2.75) is 43.8 Å². The van der Waals surface area contributed by atoms with Gasteiger partial charge in [-0.25, -0.2) is 0 Å². The molecule has 1 aromatic heterocycles. The Labute approximate surface area is 169 Å². The molecule has 2 saturated heterocycles. The number of furan rings is 1. The van der Waals surface area contributed by atoms with Crippen LogP contribution in [-0.2, 0) is 9.59 Å². The molecule has 0 aliphatic carbocycles. The molecule has 2 fully saturated rings. The zero-order chi connectivity index (χ0) is 21.0. The fraction of sp³-hybridized carbons (Fsp3) is 0.381. The monoisotopic (exact) mass is 398 g/mol. The Morgan fingerprint density at radius 1 is 1.28 bits per heavy atom. The van der Waals surface area contributed by atoms with Crippen LogP contribution in [0.5, 0.6) is 0 Å². The summed E-state index contributed by atoms with van der Waals surface area (Å²) in [5.41, 5.74) is 8.61. The number of fused-ring (bicyclic) bond motifs is 2.